The van der Waals surface area contributed by atoms with Crippen LogP contribution < -0.4 is 9.67 Å². The molecule has 0 aliphatic rings. The number of carbonyl (C=O) groups excluding carboxylic acids is 1. The maximum Gasteiger partial charge on any atom is 0.256 e. The summed E-state index contributed by atoms with van der Waals surface area (Å²) < 4.78 is 4.60. The fraction of sp³-hybridized carbons (Fsp3) is 0.545. The van der Waals surface area contributed by atoms with Crippen LogP contribution in [0.2, 0.25) is 0 Å². The molecule has 26 heavy (non-hydrogen) atoms. The van der Waals surface area contributed by atoms with Crippen LogP contribution in [0.3, 0.4) is 0 Å². The summed E-state index contributed by atoms with van der Waals surface area (Å²) >= 11 is 0. The summed E-state index contributed by atoms with van der Waals surface area (Å²) in [6, 6.07) is 6.99. The van der Waals surface area contributed by atoms with Gasteiger partial charge in [-0.1, -0.05) is 69.7 Å². The van der Waals surface area contributed by atoms with Gasteiger partial charge < -0.3 is 9.90 Å². The number of nitrogens with zero attached hydrogens (tertiary/aromatic N) is 2. The van der Waals surface area contributed by atoms with E-state index in [1.165, 1.54) is 50.8 Å². The number of imidazole rings is 1. The maximum atomic E-state index is 10.9. The molecule has 0 atom stereocenters. The number of aromatic nitrogens is 2. The molecule has 0 bridgehead atoms. The minimum atomic E-state index is -1.12. The Hall–Kier alpha value is -2.10. The number of carbonyl (C=O) groups is 1. The van der Waals surface area contributed by atoms with Crippen molar-refractivity contribution in [1.29, 1.82) is 0 Å². The molecule has 0 spiro atoms. The molecule has 0 unspecified atom stereocenters. The minimum absolute atomic E-state index is 0.230. The highest BCUT2D eigenvalue weighted by molar-refractivity contribution is 5.85. The second kappa shape index (κ2) is 10.8. The van der Waals surface area contributed by atoms with Gasteiger partial charge in [0.05, 0.1) is 12.5 Å². The number of aryl methyl sites for hydroxylation is 1. The number of rotatable bonds is 12. The lowest BCUT2D eigenvalue weighted by Gasteiger charge is -2.06. The van der Waals surface area contributed by atoms with Crippen LogP contribution in [0, 0.1) is 0 Å². The van der Waals surface area contributed by atoms with Gasteiger partial charge in [-0.15, -0.1) is 0 Å². The Kier molecular flexibility index (Phi) is 8.39. The zero-order chi connectivity index (χ0) is 18.8. The Labute approximate surface area is 157 Å². The Morgan fingerprint density at radius 3 is 2.27 bits per heavy atom. The van der Waals surface area contributed by atoms with Gasteiger partial charge in [0.15, 0.2) is 0 Å². The number of hydrogen-bond acceptors (Lipinski definition) is 2. The van der Waals surface area contributed by atoms with Crippen LogP contribution in [0.1, 0.15) is 80.5 Å². The van der Waals surface area contributed by atoms with Crippen LogP contribution in [0.4, 0.5) is 0 Å². The number of benzene rings is 1. The van der Waals surface area contributed by atoms with Crippen molar-refractivity contribution in [2.24, 2.45) is 0 Å². The third-order valence-corrected chi connectivity index (χ3v) is 4.98. The highest BCUT2D eigenvalue weighted by Crippen LogP contribution is 2.10. The average molecular weight is 357 g/mol. The highest BCUT2D eigenvalue weighted by atomic mass is 16.4. The van der Waals surface area contributed by atoms with Crippen LogP contribution in [-0.4, -0.2) is 10.5 Å². The van der Waals surface area contributed by atoms with E-state index in [1.807, 2.05) is 12.1 Å². The first-order valence-corrected chi connectivity index (χ1v) is 10.0. The van der Waals surface area contributed by atoms with Gasteiger partial charge in [0.2, 0.25) is 0 Å². The van der Waals surface area contributed by atoms with E-state index >= 15 is 0 Å². The van der Waals surface area contributed by atoms with Crippen molar-refractivity contribution in [3.63, 3.8) is 0 Å². The second-order valence-corrected chi connectivity index (χ2v) is 6.98. The Morgan fingerprint density at radius 2 is 1.65 bits per heavy atom. The van der Waals surface area contributed by atoms with Gasteiger partial charge in [-0.25, -0.2) is 9.13 Å². The molecule has 0 saturated carbocycles. The fourth-order valence-electron chi connectivity index (χ4n) is 3.40. The topological polar surface area (TPSA) is 48.9 Å². The molecule has 1 aromatic carbocycles. The van der Waals surface area contributed by atoms with E-state index in [2.05, 4.69) is 35.4 Å². The first kappa shape index (κ1) is 20.2. The lowest BCUT2D eigenvalue weighted by atomic mass is 10.1. The SMILES string of the molecule is CCCCCCCCCc1n(CC)cc[n+]1Cc1ccc(C(=O)[O-])cc1. The van der Waals surface area contributed by atoms with Crippen LogP contribution in [-0.2, 0) is 19.5 Å². The standard InChI is InChI=1S/C22H32N2O2/c1-3-5-6-7-8-9-10-11-21-23(4-2)16-17-24(21)18-19-12-14-20(15-13-19)22(25)26/h12-17H,3-11,18H2,1-2H3. The molecule has 4 nitrogen and oxygen atoms in total. The van der Waals surface area contributed by atoms with Crippen LogP contribution in [0.25, 0.3) is 0 Å². The monoisotopic (exact) mass is 356 g/mol. The second-order valence-electron chi connectivity index (χ2n) is 6.98. The lowest BCUT2D eigenvalue weighted by Crippen LogP contribution is -2.37. The van der Waals surface area contributed by atoms with Crippen LogP contribution in [0.15, 0.2) is 36.7 Å². The number of carboxylic acid groups (broad SMARTS) is 1. The van der Waals surface area contributed by atoms with Gasteiger partial charge in [-0.2, -0.15) is 0 Å². The molecule has 2 aromatic rings. The molecule has 0 radical (unpaired) electrons. The number of unbranched alkanes of at least 4 members (excludes halogenated alkanes) is 6. The van der Waals surface area contributed by atoms with Gasteiger partial charge in [-0.05, 0) is 24.5 Å². The molecule has 0 fully saturated rings. The predicted molar refractivity (Wildman–Crippen MR) is 102 cm³/mol. The van der Waals surface area contributed by atoms with Gasteiger partial charge >= 0.3 is 0 Å². The summed E-state index contributed by atoms with van der Waals surface area (Å²) in [6.45, 7) is 6.17. The Bertz CT molecular complexity index is 674. The van der Waals surface area contributed by atoms with E-state index in [4.69, 9.17) is 0 Å². The van der Waals surface area contributed by atoms with E-state index in [0.717, 1.165) is 25.1 Å². The molecule has 0 amide bonds. The van der Waals surface area contributed by atoms with E-state index in [1.54, 1.807) is 12.1 Å². The Morgan fingerprint density at radius 1 is 1.00 bits per heavy atom. The maximum absolute atomic E-state index is 10.9. The summed E-state index contributed by atoms with van der Waals surface area (Å²) in [5.41, 5.74) is 1.34. The smallest absolute Gasteiger partial charge is 0.256 e. The van der Waals surface area contributed by atoms with Crippen molar-refractivity contribution in [2.75, 3.05) is 0 Å². The molecule has 142 valence electrons. The zero-order valence-corrected chi connectivity index (χ0v) is 16.2. The van der Waals surface area contributed by atoms with Crippen molar-refractivity contribution in [3.05, 3.63) is 53.6 Å². The minimum Gasteiger partial charge on any atom is -0.545 e. The van der Waals surface area contributed by atoms with Gasteiger partial charge in [0, 0.05) is 6.42 Å². The van der Waals surface area contributed by atoms with Crippen LogP contribution >= 0.6 is 0 Å². The summed E-state index contributed by atoms with van der Waals surface area (Å²) in [5.74, 6) is 0.228. The first-order valence-electron chi connectivity index (χ1n) is 10.0. The molecule has 4 heteroatoms. The number of hydrogen-bond donors (Lipinski definition) is 0. The largest absolute Gasteiger partial charge is 0.545 e. The van der Waals surface area contributed by atoms with Crippen molar-refractivity contribution in [2.45, 2.75) is 78.3 Å². The van der Waals surface area contributed by atoms with E-state index < -0.39 is 5.97 Å². The molecule has 2 rings (SSSR count). The Balaban J connectivity index is 1.92. The highest BCUT2D eigenvalue weighted by Gasteiger charge is 2.16. The third kappa shape index (κ3) is 6.01. The van der Waals surface area contributed by atoms with Gasteiger partial charge in [0.25, 0.3) is 5.82 Å². The van der Waals surface area contributed by atoms with Gasteiger partial charge in [0.1, 0.15) is 18.9 Å². The van der Waals surface area contributed by atoms with Crippen molar-refractivity contribution in [3.8, 4) is 0 Å². The average Bonchev–Trinajstić information content (AvgIpc) is 3.03. The number of aromatic carboxylic acids is 1. The fourth-order valence-corrected chi connectivity index (χ4v) is 3.40. The normalized spacial score (nSPS) is 11.0. The third-order valence-electron chi connectivity index (χ3n) is 4.98. The van der Waals surface area contributed by atoms with E-state index in [0.29, 0.717) is 0 Å². The predicted octanol–water partition coefficient (Wildman–Crippen LogP) is 3.50. The zero-order valence-electron chi connectivity index (χ0n) is 16.2. The lowest BCUT2D eigenvalue weighted by molar-refractivity contribution is -0.695. The van der Waals surface area contributed by atoms with Crippen molar-refractivity contribution in [1.82, 2.24) is 4.57 Å². The van der Waals surface area contributed by atoms with Crippen molar-refractivity contribution < 1.29 is 14.5 Å². The number of carboxylic acids is 1. The molecule has 0 aliphatic carbocycles. The molecular formula is C22H32N2O2. The molecule has 1 aromatic heterocycles. The van der Waals surface area contributed by atoms with Gasteiger partial charge in [-0.3, -0.25) is 0 Å². The van der Waals surface area contributed by atoms with Crippen molar-refractivity contribution >= 4 is 5.97 Å². The summed E-state index contributed by atoms with van der Waals surface area (Å²) in [5, 5.41) is 10.9. The quantitative estimate of drug-likeness (QED) is 0.432. The molecule has 0 N–H and O–H groups in total. The molecule has 1 heterocycles. The van der Waals surface area contributed by atoms with Crippen LogP contribution in [0.5, 0.6) is 0 Å². The first-order chi connectivity index (χ1) is 12.7. The van der Waals surface area contributed by atoms with E-state index in [9.17, 15) is 9.90 Å². The summed E-state index contributed by atoms with van der Waals surface area (Å²) in [7, 11) is 0. The molecular weight excluding hydrogens is 324 g/mol. The summed E-state index contributed by atoms with van der Waals surface area (Å²) in [4.78, 5) is 10.9. The van der Waals surface area contributed by atoms with E-state index in [-0.39, 0.29) is 5.56 Å². The molecule has 0 aliphatic heterocycles. The molecule has 0 saturated heterocycles. The summed E-state index contributed by atoms with van der Waals surface area (Å²) in [6.07, 6.45) is 14.6.